The topological polar surface area (TPSA) is 46.6 Å². The number of piperazine rings is 1. The van der Waals surface area contributed by atoms with E-state index in [9.17, 15) is 0 Å². The van der Waals surface area contributed by atoms with Crippen molar-refractivity contribution in [3.05, 3.63) is 53.9 Å². The molecule has 1 aromatic carbocycles. The Bertz CT molecular complexity index is 648. The van der Waals surface area contributed by atoms with E-state index in [4.69, 9.17) is 9.47 Å². The van der Waals surface area contributed by atoms with Crippen LogP contribution in [0.25, 0.3) is 0 Å². The zero-order valence-electron chi connectivity index (χ0n) is 14.4. The van der Waals surface area contributed by atoms with Gasteiger partial charge in [-0.1, -0.05) is 6.07 Å². The van der Waals surface area contributed by atoms with Crippen LogP contribution in [0.3, 0.4) is 0 Å². The van der Waals surface area contributed by atoms with Gasteiger partial charge in [-0.3, -0.25) is 9.88 Å². The van der Waals surface area contributed by atoms with Crippen LogP contribution in [-0.4, -0.2) is 42.7 Å². The number of rotatable bonds is 6. The quantitative estimate of drug-likeness (QED) is 0.883. The molecule has 0 aliphatic carbocycles. The molecule has 1 saturated heterocycles. The molecule has 0 unspecified atom stereocenters. The van der Waals surface area contributed by atoms with Gasteiger partial charge in [-0.2, -0.15) is 0 Å². The van der Waals surface area contributed by atoms with E-state index in [1.54, 1.807) is 19.5 Å². The van der Waals surface area contributed by atoms with Crippen LogP contribution in [0.2, 0.25) is 0 Å². The molecule has 1 aliphatic rings. The molecule has 1 N–H and O–H groups in total. The minimum atomic E-state index is 0.507. The highest BCUT2D eigenvalue weighted by Crippen LogP contribution is 2.29. The molecule has 5 nitrogen and oxygen atoms in total. The first-order valence-corrected chi connectivity index (χ1v) is 8.39. The van der Waals surface area contributed by atoms with Crippen molar-refractivity contribution in [2.24, 2.45) is 0 Å². The predicted molar refractivity (Wildman–Crippen MR) is 94.3 cm³/mol. The van der Waals surface area contributed by atoms with Crippen LogP contribution in [-0.2, 0) is 13.2 Å². The lowest BCUT2D eigenvalue weighted by Crippen LogP contribution is -2.48. The largest absolute Gasteiger partial charge is 0.493 e. The molecule has 2 heterocycles. The molecule has 1 atom stereocenters. The van der Waals surface area contributed by atoms with Gasteiger partial charge < -0.3 is 14.8 Å². The smallest absolute Gasteiger partial charge is 0.161 e. The van der Waals surface area contributed by atoms with Crippen molar-refractivity contribution in [1.29, 1.82) is 0 Å². The van der Waals surface area contributed by atoms with Crippen LogP contribution in [0.4, 0.5) is 0 Å². The third kappa shape index (κ3) is 4.46. The summed E-state index contributed by atoms with van der Waals surface area (Å²) < 4.78 is 11.4. The summed E-state index contributed by atoms with van der Waals surface area (Å²) in [4.78, 5) is 6.48. The summed E-state index contributed by atoms with van der Waals surface area (Å²) in [6.45, 7) is 6.87. The predicted octanol–water partition coefficient (Wildman–Crippen LogP) is 2.46. The summed E-state index contributed by atoms with van der Waals surface area (Å²) in [7, 11) is 1.69. The highest BCUT2D eigenvalue weighted by atomic mass is 16.5. The summed E-state index contributed by atoms with van der Waals surface area (Å²) in [6, 6.07) is 10.6. The molecule has 0 amide bonds. The van der Waals surface area contributed by atoms with Crippen molar-refractivity contribution in [2.75, 3.05) is 26.7 Å². The minimum Gasteiger partial charge on any atom is -0.493 e. The molecule has 0 spiro atoms. The number of nitrogens with zero attached hydrogens (tertiary/aromatic N) is 2. The Morgan fingerprint density at radius 2 is 2.00 bits per heavy atom. The van der Waals surface area contributed by atoms with Gasteiger partial charge in [0, 0.05) is 44.6 Å². The normalized spacial score (nSPS) is 18.3. The van der Waals surface area contributed by atoms with Gasteiger partial charge in [0.1, 0.15) is 6.61 Å². The van der Waals surface area contributed by atoms with Crippen LogP contribution in [0, 0.1) is 0 Å². The van der Waals surface area contributed by atoms with Crippen LogP contribution in [0.5, 0.6) is 11.5 Å². The number of pyridine rings is 1. The lowest BCUT2D eigenvalue weighted by Gasteiger charge is -2.31. The molecule has 3 rings (SSSR count). The monoisotopic (exact) mass is 327 g/mol. The molecule has 0 radical (unpaired) electrons. The van der Waals surface area contributed by atoms with E-state index in [-0.39, 0.29) is 0 Å². The van der Waals surface area contributed by atoms with Gasteiger partial charge in [0.05, 0.1) is 7.11 Å². The van der Waals surface area contributed by atoms with Crippen LogP contribution >= 0.6 is 0 Å². The average Bonchev–Trinajstić information content (AvgIpc) is 2.61. The average molecular weight is 327 g/mol. The van der Waals surface area contributed by atoms with E-state index in [1.165, 1.54) is 5.56 Å². The first kappa shape index (κ1) is 16.7. The molecule has 1 aliphatic heterocycles. The molecule has 1 fully saturated rings. The molecule has 2 aromatic rings. The second kappa shape index (κ2) is 8.13. The number of nitrogens with one attached hydrogen (secondary N) is 1. The van der Waals surface area contributed by atoms with Gasteiger partial charge >= 0.3 is 0 Å². The van der Waals surface area contributed by atoms with E-state index in [0.29, 0.717) is 12.6 Å². The van der Waals surface area contributed by atoms with Gasteiger partial charge in [0.25, 0.3) is 0 Å². The molecule has 0 bridgehead atoms. The third-order valence-corrected chi connectivity index (χ3v) is 4.23. The lowest BCUT2D eigenvalue weighted by atomic mass is 10.1. The molecule has 5 heteroatoms. The van der Waals surface area contributed by atoms with E-state index in [0.717, 1.165) is 43.2 Å². The maximum atomic E-state index is 5.90. The number of methoxy groups -OCH3 is 1. The maximum Gasteiger partial charge on any atom is 0.161 e. The van der Waals surface area contributed by atoms with Crippen molar-refractivity contribution in [2.45, 2.75) is 26.1 Å². The second-order valence-electron chi connectivity index (χ2n) is 6.22. The zero-order chi connectivity index (χ0) is 16.8. The Labute approximate surface area is 143 Å². The van der Waals surface area contributed by atoms with Crippen molar-refractivity contribution >= 4 is 0 Å². The van der Waals surface area contributed by atoms with Gasteiger partial charge in [0.2, 0.25) is 0 Å². The number of aromatic nitrogens is 1. The Morgan fingerprint density at radius 3 is 2.75 bits per heavy atom. The summed E-state index contributed by atoms with van der Waals surface area (Å²) in [5.74, 6) is 1.55. The standard InChI is InChI=1S/C19H25N3O2/c1-15-12-22(10-9-21-15)13-17-3-4-18(19(11-17)23-2)24-14-16-5-7-20-8-6-16/h3-8,11,15,21H,9-10,12-14H2,1-2H3/t15-/m0/s1. The number of hydrogen-bond acceptors (Lipinski definition) is 5. The van der Waals surface area contributed by atoms with Crippen LogP contribution in [0.1, 0.15) is 18.1 Å². The van der Waals surface area contributed by atoms with E-state index in [2.05, 4.69) is 34.3 Å². The zero-order valence-corrected chi connectivity index (χ0v) is 14.4. The van der Waals surface area contributed by atoms with Crippen molar-refractivity contribution in [1.82, 2.24) is 15.2 Å². The van der Waals surface area contributed by atoms with Crippen molar-refractivity contribution in [3.8, 4) is 11.5 Å². The highest BCUT2D eigenvalue weighted by Gasteiger charge is 2.16. The van der Waals surface area contributed by atoms with Gasteiger partial charge in [0.15, 0.2) is 11.5 Å². The Balaban J connectivity index is 1.64. The van der Waals surface area contributed by atoms with E-state index >= 15 is 0 Å². The minimum absolute atomic E-state index is 0.507. The van der Waals surface area contributed by atoms with Gasteiger partial charge in [-0.25, -0.2) is 0 Å². The first-order chi connectivity index (χ1) is 11.7. The Morgan fingerprint density at radius 1 is 1.17 bits per heavy atom. The fraction of sp³-hybridized carbons (Fsp3) is 0.421. The van der Waals surface area contributed by atoms with Crippen molar-refractivity contribution < 1.29 is 9.47 Å². The maximum absolute atomic E-state index is 5.90. The summed E-state index contributed by atoms with van der Waals surface area (Å²) in [5, 5.41) is 3.47. The van der Waals surface area contributed by atoms with Crippen LogP contribution < -0.4 is 14.8 Å². The molecular formula is C19H25N3O2. The van der Waals surface area contributed by atoms with Gasteiger partial charge in [-0.15, -0.1) is 0 Å². The summed E-state index contributed by atoms with van der Waals surface area (Å²) in [5.41, 5.74) is 2.34. The highest BCUT2D eigenvalue weighted by molar-refractivity contribution is 5.43. The molecule has 0 saturated carbocycles. The number of benzene rings is 1. The molecule has 1 aromatic heterocycles. The SMILES string of the molecule is COc1cc(CN2CCN[C@@H](C)C2)ccc1OCc1ccncc1. The van der Waals surface area contributed by atoms with Crippen LogP contribution in [0.15, 0.2) is 42.7 Å². The van der Waals surface area contributed by atoms with E-state index in [1.807, 2.05) is 18.2 Å². The third-order valence-electron chi connectivity index (χ3n) is 4.23. The summed E-state index contributed by atoms with van der Waals surface area (Å²) in [6.07, 6.45) is 3.54. The Hall–Kier alpha value is -2.11. The fourth-order valence-corrected chi connectivity index (χ4v) is 2.98. The van der Waals surface area contributed by atoms with Crippen molar-refractivity contribution in [3.63, 3.8) is 0 Å². The Kier molecular flexibility index (Phi) is 5.67. The number of ether oxygens (including phenoxy) is 2. The second-order valence-corrected chi connectivity index (χ2v) is 6.22. The molecular weight excluding hydrogens is 302 g/mol. The molecule has 24 heavy (non-hydrogen) atoms. The van der Waals surface area contributed by atoms with E-state index < -0.39 is 0 Å². The summed E-state index contributed by atoms with van der Waals surface area (Å²) >= 11 is 0. The number of hydrogen-bond donors (Lipinski definition) is 1. The fourth-order valence-electron chi connectivity index (χ4n) is 2.98. The lowest BCUT2D eigenvalue weighted by molar-refractivity contribution is 0.199. The van der Waals surface area contributed by atoms with Gasteiger partial charge in [-0.05, 0) is 42.3 Å². The first-order valence-electron chi connectivity index (χ1n) is 8.39. The molecule has 128 valence electrons.